The van der Waals surface area contributed by atoms with Crippen molar-refractivity contribution in [1.29, 1.82) is 5.26 Å². The number of urea groups is 1. The number of anilines is 1. The van der Waals surface area contributed by atoms with Crippen LogP contribution in [0, 0.1) is 21.4 Å². The van der Waals surface area contributed by atoms with Gasteiger partial charge in [0.15, 0.2) is 0 Å². The Balaban J connectivity index is 1.44. The summed E-state index contributed by atoms with van der Waals surface area (Å²) in [5, 5.41) is 28.2. The van der Waals surface area contributed by atoms with E-state index in [-0.39, 0.29) is 23.4 Å². The van der Waals surface area contributed by atoms with Crippen LogP contribution in [0.5, 0.6) is 0 Å². The molecule has 1 aliphatic rings. The molecule has 0 bridgehead atoms. The maximum absolute atomic E-state index is 13.2. The van der Waals surface area contributed by atoms with Gasteiger partial charge >= 0.3 is 6.03 Å². The second kappa shape index (κ2) is 10.7. The zero-order valence-corrected chi connectivity index (χ0v) is 19.4. The SMILES string of the molecule is N#Cc1ccc(C[C@@H](NC(=O)Nc2ccc([N+](=O)[O-])cc2)C(=O)NCC2(c3ccccc3)CC2)cc1. The lowest BCUT2D eigenvalue weighted by molar-refractivity contribution is -0.384. The molecule has 4 rings (SSSR count). The number of nitrogens with one attached hydrogen (secondary N) is 3. The van der Waals surface area contributed by atoms with Gasteiger partial charge in [-0.15, -0.1) is 0 Å². The van der Waals surface area contributed by atoms with Gasteiger partial charge in [0.2, 0.25) is 5.91 Å². The van der Waals surface area contributed by atoms with Crippen LogP contribution < -0.4 is 16.0 Å². The first kappa shape index (κ1) is 24.4. The average molecular weight is 484 g/mol. The van der Waals surface area contributed by atoms with Crippen LogP contribution in [0.2, 0.25) is 0 Å². The number of rotatable bonds is 9. The highest BCUT2D eigenvalue weighted by molar-refractivity contribution is 5.94. The molecule has 182 valence electrons. The summed E-state index contributed by atoms with van der Waals surface area (Å²) in [5.41, 5.74) is 2.65. The summed E-state index contributed by atoms with van der Waals surface area (Å²) in [6, 6.07) is 22.9. The standard InChI is InChI=1S/C27H25N5O4/c28-17-20-8-6-19(7-9-20)16-24(31-26(34)30-22-10-12-23(13-11-22)32(35)36)25(33)29-18-27(14-15-27)21-4-2-1-3-5-21/h1-13,24H,14-16,18H2,(H,29,33)(H2,30,31,34)/t24-/m1/s1. The van der Waals surface area contributed by atoms with Crippen LogP contribution >= 0.6 is 0 Å². The molecule has 9 nitrogen and oxygen atoms in total. The monoisotopic (exact) mass is 483 g/mol. The van der Waals surface area contributed by atoms with Gasteiger partial charge in [-0.25, -0.2) is 4.79 Å². The highest BCUT2D eigenvalue weighted by Crippen LogP contribution is 2.47. The van der Waals surface area contributed by atoms with Gasteiger partial charge in [-0.05, 0) is 48.2 Å². The van der Waals surface area contributed by atoms with Gasteiger partial charge in [-0.1, -0.05) is 42.5 Å². The fraction of sp³-hybridized carbons (Fsp3) is 0.222. The van der Waals surface area contributed by atoms with E-state index in [1.807, 2.05) is 18.2 Å². The molecular weight excluding hydrogens is 458 g/mol. The number of nitro benzene ring substituents is 1. The zero-order valence-electron chi connectivity index (χ0n) is 19.4. The van der Waals surface area contributed by atoms with Gasteiger partial charge in [0, 0.05) is 36.2 Å². The quantitative estimate of drug-likeness (QED) is 0.311. The number of hydrogen-bond donors (Lipinski definition) is 3. The van der Waals surface area contributed by atoms with E-state index in [0.717, 1.165) is 18.4 Å². The van der Waals surface area contributed by atoms with Crippen LogP contribution in [0.4, 0.5) is 16.2 Å². The largest absolute Gasteiger partial charge is 0.353 e. The van der Waals surface area contributed by atoms with Crippen molar-refractivity contribution in [2.24, 2.45) is 0 Å². The summed E-state index contributed by atoms with van der Waals surface area (Å²) in [6.07, 6.45) is 2.18. The summed E-state index contributed by atoms with van der Waals surface area (Å²) in [5.74, 6) is -0.319. The smallest absolute Gasteiger partial charge is 0.319 e. The molecule has 0 saturated heterocycles. The maximum atomic E-state index is 13.2. The molecule has 9 heteroatoms. The molecular formula is C27H25N5O4. The third-order valence-electron chi connectivity index (χ3n) is 6.32. The molecule has 1 fully saturated rings. The fourth-order valence-electron chi connectivity index (χ4n) is 4.04. The Bertz CT molecular complexity index is 1280. The van der Waals surface area contributed by atoms with E-state index < -0.39 is 17.0 Å². The van der Waals surface area contributed by atoms with E-state index in [1.165, 1.54) is 29.8 Å². The van der Waals surface area contributed by atoms with Gasteiger partial charge < -0.3 is 16.0 Å². The van der Waals surface area contributed by atoms with Crippen molar-refractivity contribution in [2.75, 3.05) is 11.9 Å². The third-order valence-corrected chi connectivity index (χ3v) is 6.32. The van der Waals surface area contributed by atoms with Crippen LogP contribution in [-0.2, 0) is 16.6 Å². The van der Waals surface area contributed by atoms with Crippen molar-refractivity contribution in [3.63, 3.8) is 0 Å². The minimum Gasteiger partial charge on any atom is -0.353 e. The Morgan fingerprint density at radius 3 is 2.25 bits per heavy atom. The Morgan fingerprint density at radius 2 is 1.67 bits per heavy atom. The number of hydrogen-bond acceptors (Lipinski definition) is 5. The van der Waals surface area contributed by atoms with E-state index in [9.17, 15) is 19.7 Å². The van der Waals surface area contributed by atoms with Gasteiger partial charge in [-0.3, -0.25) is 14.9 Å². The number of nitriles is 1. The Labute approximate surface area is 208 Å². The normalized spacial score (nSPS) is 14.1. The number of carbonyl (C=O) groups excluding carboxylic acids is 2. The molecule has 0 spiro atoms. The molecule has 0 aromatic heterocycles. The second-order valence-corrected chi connectivity index (χ2v) is 8.83. The lowest BCUT2D eigenvalue weighted by atomic mass is 9.95. The molecule has 3 aromatic rings. The van der Waals surface area contributed by atoms with Crippen molar-refractivity contribution >= 4 is 23.3 Å². The van der Waals surface area contributed by atoms with Crippen molar-refractivity contribution in [2.45, 2.75) is 30.7 Å². The number of nitrogens with zero attached hydrogens (tertiary/aromatic N) is 2. The van der Waals surface area contributed by atoms with Crippen molar-refractivity contribution in [1.82, 2.24) is 10.6 Å². The molecule has 1 aliphatic carbocycles. The van der Waals surface area contributed by atoms with Gasteiger partial charge in [0.05, 0.1) is 16.6 Å². The first-order valence-electron chi connectivity index (χ1n) is 11.5. The van der Waals surface area contributed by atoms with Gasteiger partial charge in [0.25, 0.3) is 5.69 Å². The number of amides is 3. The van der Waals surface area contributed by atoms with Crippen LogP contribution in [0.25, 0.3) is 0 Å². The number of carbonyl (C=O) groups is 2. The Morgan fingerprint density at radius 1 is 1.00 bits per heavy atom. The summed E-state index contributed by atoms with van der Waals surface area (Å²) in [4.78, 5) is 36.2. The van der Waals surface area contributed by atoms with E-state index in [0.29, 0.717) is 17.8 Å². The van der Waals surface area contributed by atoms with Gasteiger partial charge in [-0.2, -0.15) is 5.26 Å². The van der Waals surface area contributed by atoms with E-state index in [1.54, 1.807) is 24.3 Å². The molecule has 1 saturated carbocycles. The van der Waals surface area contributed by atoms with Crippen LogP contribution in [0.3, 0.4) is 0 Å². The minimum atomic E-state index is -0.873. The highest BCUT2D eigenvalue weighted by Gasteiger charge is 2.44. The summed E-state index contributed by atoms with van der Waals surface area (Å²) in [7, 11) is 0. The van der Waals surface area contributed by atoms with Crippen molar-refractivity contribution < 1.29 is 14.5 Å². The van der Waals surface area contributed by atoms with E-state index >= 15 is 0 Å². The fourth-order valence-corrected chi connectivity index (χ4v) is 4.04. The summed E-state index contributed by atoms with van der Waals surface area (Å²) in [6.45, 7) is 0.464. The predicted molar refractivity (Wildman–Crippen MR) is 134 cm³/mol. The van der Waals surface area contributed by atoms with Gasteiger partial charge in [0.1, 0.15) is 6.04 Å². The Hall–Kier alpha value is -4.71. The van der Waals surface area contributed by atoms with E-state index in [4.69, 9.17) is 5.26 Å². The molecule has 3 amide bonds. The molecule has 0 radical (unpaired) electrons. The molecule has 0 aliphatic heterocycles. The molecule has 0 unspecified atom stereocenters. The first-order chi connectivity index (χ1) is 17.4. The number of nitro groups is 1. The maximum Gasteiger partial charge on any atom is 0.319 e. The minimum absolute atomic E-state index is 0.0864. The lowest BCUT2D eigenvalue weighted by Gasteiger charge is -2.22. The lowest BCUT2D eigenvalue weighted by Crippen LogP contribution is -2.50. The molecule has 3 N–H and O–H groups in total. The average Bonchev–Trinajstić information content (AvgIpc) is 3.69. The first-order valence-corrected chi connectivity index (χ1v) is 11.5. The highest BCUT2D eigenvalue weighted by atomic mass is 16.6. The number of benzene rings is 3. The third kappa shape index (κ3) is 6.04. The predicted octanol–water partition coefficient (Wildman–Crippen LogP) is 4.05. The van der Waals surface area contributed by atoms with Crippen molar-refractivity contribution in [3.05, 3.63) is 106 Å². The Kier molecular flexibility index (Phi) is 7.25. The van der Waals surface area contributed by atoms with Crippen LogP contribution in [0.15, 0.2) is 78.9 Å². The molecule has 3 aromatic carbocycles. The molecule has 0 heterocycles. The topological polar surface area (TPSA) is 137 Å². The molecule has 1 atom stereocenters. The number of non-ortho nitro benzene ring substituents is 1. The van der Waals surface area contributed by atoms with Crippen LogP contribution in [0.1, 0.15) is 29.5 Å². The molecule has 36 heavy (non-hydrogen) atoms. The zero-order chi connectivity index (χ0) is 25.5. The van der Waals surface area contributed by atoms with E-state index in [2.05, 4.69) is 34.2 Å². The second-order valence-electron chi connectivity index (χ2n) is 8.83. The van der Waals surface area contributed by atoms with Crippen LogP contribution in [-0.4, -0.2) is 29.4 Å². The van der Waals surface area contributed by atoms with Crippen molar-refractivity contribution in [3.8, 4) is 6.07 Å². The summed E-state index contributed by atoms with van der Waals surface area (Å²) < 4.78 is 0. The summed E-state index contributed by atoms with van der Waals surface area (Å²) >= 11 is 0.